The summed E-state index contributed by atoms with van der Waals surface area (Å²) in [6.45, 7) is 0.146. The summed E-state index contributed by atoms with van der Waals surface area (Å²) in [5.41, 5.74) is 0. The van der Waals surface area contributed by atoms with E-state index in [-0.39, 0.29) is 30.5 Å². The average Bonchev–Trinajstić information content (AvgIpc) is 2.50. The Morgan fingerprint density at radius 1 is 1.43 bits per heavy atom. The van der Waals surface area contributed by atoms with Gasteiger partial charge >= 0.3 is 5.97 Å². The van der Waals surface area contributed by atoms with Gasteiger partial charge in [-0.2, -0.15) is 0 Å². The maximum absolute atomic E-state index is 11.6. The van der Waals surface area contributed by atoms with Gasteiger partial charge in [0.15, 0.2) is 0 Å². The highest BCUT2D eigenvalue weighted by atomic mass is 127. The molecule has 4 rings (SSSR count). The van der Waals surface area contributed by atoms with E-state index in [4.69, 9.17) is 4.74 Å². The summed E-state index contributed by atoms with van der Waals surface area (Å²) in [5.74, 6) is 1.01. The summed E-state index contributed by atoms with van der Waals surface area (Å²) in [7, 11) is 0. The smallest absolute Gasteiger partial charge is 0.310 e. The molecule has 1 saturated heterocycles. The second-order valence-electron chi connectivity index (χ2n) is 4.62. The van der Waals surface area contributed by atoms with Crippen molar-refractivity contribution >= 4 is 28.6 Å². The fourth-order valence-corrected chi connectivity index (χ4v) is 5.14. The second kappa shape index (κ2) is 3.07. The van der Waals surface area contributed by atoms with Crippen LogP contribution >= 0.6 is 22.6 Å². The zero-order valence-corrected chi connectivity index (χ0v) is 9.88. The number of aliphatic hydroxyl groups excluding tert-OH is 1. The van der Waals surface area contributed by atoms with Crippen molar-refractivity contribution in [1.82, 2.24) is 0 Å². The van der Waals surface area contributed by atoms with Gasteiger partial charge < -0.3 is 9.84 Å². The van der Waals surface area contributed by atoms with E-state index < -0.39 is 0 Å². The van der Waals surface area contributed by atoms with Crippen LogP contribution in [0.2, 0.25) is 0 Å². The van der Waals surface area contributed by atoms with Crippen LogP contribution in [-0.2, 0) is 9.53 Å². The van der Waals surface area contributed by atoms with Crippen LogP contribution in [0.25, 0.3) is 0 Å². The molecule has 3 nitrogen and oxygen atoms in total. The molecule has 0 radical (unpaired) electrons. The molecule has 0 unspecified atom stereocenters. The van der Waals surface area contributed by atoms with Gasteiger partial charge in [-0.15, -0.1) is 0 Å². The van der Waals surface area contributed by atoms with E-state index >= 15 is 0 Å². The molecule has 4 fully saturated rings. The molecule has 14 heavy (non-hydrogen) atoms. The van der Waals surface area contributed by atoms with Crippen molar-refractivity contribution in [3.05, 3.63) is 0 Å². The largest absolute Gasteiger partial charge is 0.461 e. The number of halogens is 1. The lowest BCUT2D eigenvalue weighted by atomic mass is 9.59. The Labute approximate surface area is 96.3 Å². The molecule has 0 spiro atoms. The molecular formula is C10H13IO3. The number of esters is 1. The number of alkyl halides is 1. The van der Waals surface area contributed by atoms with Gasteiger partial charge in [0.05, 0.1) is 9.84 Å². The van der Waals surface area contributed by atoms with E-state index in [0.717, 1.165) is 12.8 Å². The Morgan fingerprint density at radius 2 is 2.14 bits per heavy atom. The molecule has 1 N–H and O–H groups in total. The van der Waals surface area contributed by atoms with Crippen molar-refractivity contribution < 1.29 is 14.6 Å². The fourth-order valence-electron chi connectivity index (χ4n) is 3.57. The number of hydrogen-bond acceptors (Lipinski definition) is 3. The van der Waals surface area contributed by atoms with Crippen LogP contribution in [-0.4, -0.2) is 27.7 Å². The van der Waals surface area contributed by atoms with Gasteiger partial charge in [0.25, 0.3) is 0 Å². The minimum Gasteiger partial charge on any atom is -0.461 e. The summed E-state index contributed by atoms with van der Waals surface area (Å²) < 4.78 is 5.83. The van der Waals surface area contributed by atoms with Crippen molar-refractivity contribution in [3.8, 4) is 0 Å². The van der Waals surface area contributed by atoms with Crippen molar-refractivity contribution in [2.45, 2.75) is 22.9 Å². The fraction of sp³-hybridized carbons (Fsp3) is 0.900. The number of aliphatic hydroxyl groups is 1. The van der Waals surface area contributed by atoms with Crippen molar-refractivity contribution in [2.24, 2.45) is 23.7 Å². The topological polar surface area (TPSA) is 46.5 Å². The van der Waals surface area contributed by atoms with E-state index in [9.17, 15) is 9.90 Å². The van der Waals surface area contributed by atoms with Crippen LogP contribution in [0.3, 0.4) is 0 Å². The predicted octanol–water partition coefficient (Wildman–Crippen LogP) is 0.980. The van der Waals surface area contributed by atoms with Gasteiger partial charge in [0.1, 0.15) is 6.10 Å². The maximum Gasteiger partial charge on any atom is 0.310 e. The average molecular weight is 308 g/mol. The van der Waals surface area contributed by atoms with E-state index in [0.29, 0.717) is 15.8 Å². The minimum atomic E-state index is -0.0529. The Kier molecular flexibility index (Phi) is 2.06. The van der Waals surface area contributed by atoms with Crippen molar-refractivity contribution in [2.75, 3.05) is 6.61 Å². The molecule has 6 atom stereocenters. The molecule has 4 bridgehead atoms. The van der Waals surface area contributed by atoms with Crippen LogP contribution in [0.4, 0.5) is 0 Å². The summed E-state index contributed by atoms with van der Waals surface area (Å²) in [6.07, 6.45) is 2.42. The molecular weight excluding hydrogens is 295 g/mol. The molecule has 3 saturated carbocycles. The first-order chi connectivity index (χ1) is 6.74. The molecule has 0 aromatic rings. The molecule has 1 aliphatic heterocycles. The monoisotopic (exact) mass is 308 g/mol. The summed E-state index contributed by atoms with van der Waals surface area (Å²) in [5, 5.41) is 9.36. The third-order valence-corrected chi connectivity index (χ3v) is 5.82. The zero-order chi connectivity index (χ0) is 9.87. The van der Waals surface area contributed by atoms with E-state index in [1.54, 1.807) is 0 Å². The first-order valence-electron chi connectivity index (χ1n) is 5.19. The van der Waals surface area contributed by atoms with Crippen LogP contribution in [0, 0.1) is 23.7 Å². The maximum atomic E-state index is 11.6. The number of fused-ring (bicyclic) bond motifs is 1. The number of carbonyl (C=O) groups excluding carboxylic acids is 1. The Hall–Kier alpha value is 0.160. The Bertz CT molecular complexity index is 281. The lowest BCUT2D eigenvalue weighted by Gasteiger charge is -2.47. The molecule has 4 aliphatic rings. The molecule has 1 heterocycles. The third kappa shape index (κ3) is 0.988. The van der Waals surface area contributed by atoms with Crippen molar-refractivity contribution in [1.29, 1.82) is 0 Å². The van der Waals surface area contributed by atoms with Gasteiger partial charge in [0.2, 0.25) is 0 Å². The van der Waals surface area contributed by atoms with Gasteiger partial charge in [-0.05, 0) is 24.7 Å². The van der Waals surface area contributed by atoms with E-state index in [2.05, 4.69) is 22.6 Å². The lowest BCUT2D eigenvalue weighted by molar-refractivity contribution is -0.144. The zero-order valence-electron chi connectivity index (χ0n) is 7.73. The highest BCUT2D eigenvalue weighted by molar-refractivity contribution is 14.1. The lowest BCUT2D eigenvalue weighted by Crippen LogP contribution is -2.51. The minimum absolute atomic E-state index is 0.00904. The molecule has 0 amide bonds. The molecule has 4 heteroatoms. The summed E-state index contributed by atoms with van der Waals surface area (Å²) in [4.78, 5) is 11.6. The SMILES string of the molecule is O=C1O[C@@H]2[C@@H](I)[C@@H]3CC[C@H]2[C@H]1[C@H]3CO. The highest BCUT2D eigenvalue weighted by Gasteiger charge is 2.61. The standard InChI is InChI=1S/C10H13IO3/c11-8-4-1-2-5-7(6(4)3-12)10(13)14-9(5)8/h4-9,12H,1-3H2/t4-,5+,6+,7+,8+,9+/m1/s1. The number of carbonyl (C=O) groups is 1. The predicted molar refractivity (Wildman–Crippen MR) is 58.0 cm³/mol. The van der Waals surface area contributed by atoms with Gasteiger partial charge in [-0.1, -0.05) is 22.6 Å². The van der Waals surface area contributed by atoms with Gasteiger partial charge in [0, 0.05) is 12.5 Å². The normalized spacial score (nSPS) is 54.9. The van der Waals surface area contributed by atoms with Crippen LogP contribution in [0.1, 0.15) is 12.8 Å². The van der Waals surface area contributed by atoms with E-state index in [1.807, 2.05) is 0 Å². The van der Waals surface area contributed by atoms with Crippen LogP contribution in [0.15, 0.2) is 0 Å². The molecule has 78 valence electrons. The van der Waals surface area contributed by atoms with Crippen molar-refractivity contribution in [3.63, 3.8) is 0 Å². The number of ether oxygens (including phenoxy) is 1. The molecule has 0 aromatic heterocycles. The number of rotatable bonds is 1. The van der Waals surface area contributed by atoms with Crippen LogP contribution in [0.5, 0.6) is 0 Å². The first-order valence-corrected chi connectivity index (χ1v) is 6.44. The molecule has 3 aliphatic carbocycles. The number of hydrogen-bond donors (Lipinski definition) is 1. The first kappa shape index (κ1) is 9.39. The quantitative estimate of drug-likeness (QED) is 0.446. The second-order valence-corrected chi connectivity index (χ2v) is 6.06. The van der Waals surface area contributed by atoms with E-state index in [1.165, 1.54) is 0 Å². The molecule has 0 aromatic carbocycles. The van der Waals surface area contributed by atoms with Gasteiger partial charge in [-0.25, -0.2) is 0 Å². The Morgan fingerprint density at radius 3 is 2.86 bits per heavy atom. The Balaban J connectivity index is 2.01. The van der Waals surface area contributed by atoms with Crippen LogP contribution < -0.4 is 0 Å². The van der Waals surface area contributed by atoms with Gasteiger partial charge in [-0.3, -0.25) is 4.79 Å². The highest BCUT2D eigenvalue weighted by Crippen LogP contribution is 2.56. The summed E-state index contributed by atoms with van der Waals surface area (Å²) >= 11 is 2.40. The third-order valence-electron chi connectivity index (χ3n) is 4.19. The summed E-state index contributed by atoms with van der Waals surface area (Å²) in [6, 6.07) is 0.